The highest BCUT2D eigenvalue weighted by atomic mass is 16.3. The van der Waals surface area contributed by atoms with Crippen molar-refractivity contribution in [1.29, 1.82) is 0 Å². The first-order chi connectivity index (χ1) is 11.2. The van der Waals surface area contributed by atoms with Crippen LogP contribution in [0.1, 0.15) is 36.5 Å². The quantitative estimate of drug-likeness (QED) is 0.889. The van der Waals surface area contributed by atoms with Crippen molar-refractivity contribution in [2.45, 2.75) is 32.2 Å². The topological polar surface area (TPSA) is 65.5 Å². The van der Waals surface area contributed by atoms with Crippen LogP contribution in [0.2, 0.25) is 0 Å². The van der Waals surface area contributed by atoms with Crippen molar-refractivity contribution in [2.24, 2.45) is 0 Å². The molecule has 1 amide bonds. The zero-order valence-corrected chi connectivity index (χ0v) is 13.5. The summed E-state index contributed by atoms with van der Waals surface area (Å²) in [7, 11) is 0. The van der Waals surface area contributed by atoms with E-state index in [9.17, 15) is 4.79 Å². The molecule has 2 aromatic rings. The summed E-state index contributed by atoms with van der Waals surface area (Å²) in [6, 6.07) is 9.73. The van der Waals surface area contributed by atoms with Gasteiger partial charge in [-0.3, -0.25) is 4.79 Å². The molecule has 0 saturated carbocycles. The van der Waals surface area contributed by atoms with Gasteiger partial charge in [0.05, 0.1) is 11.1 Å². The van der Waals surface area contributed by atoms with Crippen molar-refractivity contribution >= 4 is 22.6 Å². The van der Waals surface area contributed by atoms with E-state index >= 15 is 0 Å². The number of fused-ring (bicyclic) bond motifs is 1. The number of hydrogen-bond acceptors (Lipinski definition) is 4. The number of para-hydroxylation sites is 1. The monoisotopic (exact) mass is 313 g/mol. The number of nitrogens with zero attached hydrogens (tertiary/aromatic N) is 2. The van der Waals surface area contributed by atoms with E-state index in [0.29, 0.717) is 12.0 Å². The lowest BCUT2D eigenvalue weighted by molar-refractivity contribution is 0.0935. The Hall–Kier alpha value is -2.14. The highest BCUT2D eigenvalue weighted by molar-refractivity contribution is 6.02. The third-order valence-electron chi connectivity index (χ3n) is 4.29. The van der Waals surface area contributed by atoms with Gasteiger partial charge in [0.1, 0.15) is 5.82 Å². The van der Waals surface area contributed by atoms with E-state index in [1.165, 1.54) is 0 Å². The van der Waals surface area contributed by atoms with Crippen LogP contribution in [-0.4, -0.2) is 41.7 Å². The number of carbonyl (C=O) groups excluding carboxylic acids is 1. The third-order valence-corrected chi connectivity index (χ3v) is 4.29. The van der Waals surface area contributed by atoms with Crippen LogP contribution in [0.25, 0.3) is 10.9 Å². The highest BCUT2D eigenvalue weighted by Gasteiger charge is 2.22. The van der Waals surface area contributed by atoms with Gasteiger partial charge in [-0.05, 0) is 38.3 Å². The van der Waals surface area contributed by atoms with Crippen LogP contribution in [0.15, 0.2) is 30.3 Å². The lowest BCUT2D eigenvalue weighted by Gasteiger charge is -2.21. The highest BCUT2D eigenvalue weighted by Crippen LogP contribution is 2.26. The molecule has 0 aliphatic carbocycles. The Morgan fingerprint density at radius 3 is 2.83 bits per heavy atom. The third kappa shape index (κ3) is 3.45. The summed E-state index contributed by atoms with van der Waals surface area (Å²) >= 11 is 0. The molecule has 1 fully saturated rings. The molecule has 5 nitrogen and oxygen atoms in total. The molecule has 1 aliphatic rings. The number of carbonyl (C=O) groups is 1. The maximum Gasteiger partial charge on any atom is 0.255 e. The molecule has 1 aliphatic heterocycles. The number of aliphatic hydroxyl groups is 1. The SMILES string of the molecule is C[C@H](CCO)NC(=O)c1cc2ccccc2nc1N1CCCC1. The Bertz CT molecular complexity index is 696. The van der Waals surface area contributed by atoms with Crippen LogP contribution in [0.3, 0.4) is 0 Å². The van der Waals surface area contributed by atoms with Crippen LogP contribution in [0.5, 0.6) is 0 Å². The molecule has 0 spiro atoms. The predicted molar refractivity (Wildman–Crippen MR) is 91.8 cm³/mol. The van der Waals surface area contributed by atoms with Gasteiger partial charge in [0.25, 0.3) is 5.91 Å². The van der Waals surface area contributed by atoms with Gasteiger partial charge < -0.3 is 15.3 Å². The molecule has 0 unspecified atom stereocenters. The number of aromatic nitrogens is 1. The van der Waals surface area contributed by atoms with Gasteiger partial charge in [-0.2, -0.15) is 0 Å². The number of anilines is 1. The smallest absolute Gasteiger partial charge is 0.255 e. The Morgan fingerprint density at radius 2 is 2.09 bits per heavy atom. The molecule has 2 N–H and O–H groups in total. The number of rotatable bonds is 5. The molecule has 0 radical (unpaired) electrons. The predicted octanol–water partition coefficient (Wildman–Crippen LogP) is 2.34. The first-order valence-corrected chi connectivity index (χ1v) is 8.25. The van der Waals surface area contributed by atoms with Crippen LogP contribution in [-0.2, 0) is 0 Å². The minimum absolute atomic E-state index is 0.0644. The van der Waals surface area contributed by atoms with Gasteiger partial charge in [0, 0.05) is 31.1 Å². The zero-order chi connectivity index (χ0) is 16.2. The van der Waals surface area contributed by atoms with Crippen LogP contribution in [0.4, 0.5) is 5.82 Å². The maximum absolute atomic E-state index is 12.7. The lowest BCUT2D eigenvalue weighted by Crippen LogP contribution is -2.34. The first-order valence-electron chi connectivity index (χ1n) is 8.25. The van der Waals surface area contributed by atoms with Crippen LogP contribution < -0.4 is 10.2 Å². The Labute approximate surface area is 136 Å². The summed E-state index contributed by atoms with van der Waals surface area (Å²) in [6.07, 6.45) is 2.82. The van der Waals surface area contributed by atoms with Crippen LogP contribution in [0, 0.1) is 0 Å². The summed E-state index contributed by atoms with van der Waals surface area (Å²) in [6.45, 7) is 3.85. The first kappa shape index (κ1) is 15.7. The summed E-state index contributed by atoms with van der Waals surface area (Å²) in [5, 5.41) is 12.9. The number of hydrogen-bond donors (Lipinski definition) is 2. The molecular formula is C18H23N3O2. The minimum atomic E-state index is -0.119. The fraction of sp³-hybridized carbons (Fsp3) is 0.444. The summed E-state index contributed by atoms with van der Waals surface area (Å²) < 4.78 is 0. The second-order valence-electron chi connectivity index (χ2n) is 6.13. The van der Waals surface area contributed by atoms with Gasteiger partial charge >= 0.3 is 0 Å². The van der Waals surface area contributed by atoms with E-state index in [2.05, 4.69) is 10.2 Å². The Balaban J connectivity index is 1.98. The van der Waals surface area contributed by atoms with Crippen LogP contribution >= 0.6 is 0 Å². The standard InChI is InChI=1S/C18H23N3O2/c1-13(8-11-22)19-18(23)15-12-14-6-2-3-7-16(14)20-17(15)21-9-4-5-10-21/h2-3,6-7,12-13,22H,4-5,8-11H2,1H3,(H,19,23)/t13-/m1/s1. The molecule has 1 saturated heterocycles. The van der Waals surface area contributed by atoms with Crippen molar-refractivity contribution in [3.05, 3.63) is 35.9 Å². The van der Waals surface area contributed by atoms with Crippen molar-refractivity contribution in [1.82, 2.24) is 10.3 Å². The average molecular weight is 313 g/mol. The fourth-order valence-corrected chi connectivity index (χ4v) is 3.01. The van der Waals surface area contributed by atoms with Gasteiger partial charge in [-0.15, -0.1) is 0 Å². The number of pyridine rings is 1. The molecular weight excluding hydrogens is 290 g/mol. The maximum atomic E-state index is 12.7. The number of benzene rings is 1. The van der Waals surface area contributed by atoms with Crippen molar-refractivity contribution in [2.75, 3.05) is 24.6 Å². The van der Waals surface area contributed by atoms with Gasteiger partial charge in [-0.25, -0.2) is 4.98 Å². The summed E-state index contributed by atoms with van der Waals surface area (Å²) in [4.78, 5) is 19.6. The zero-order valence-electron chi connectivity index (χ0n) is 13.5. The minimum Gasteiger partial charge on any atom is -0.396 e. The molecule has 122 valence electrons. The number of nitrogens with one attached hydrogen (secondary N) is 1. The van der Waals surface area contributed by atoms with Crippen molar-refractivity contribution in [3.8, 4) is 0 Å². The van der Waals surface area contributed by atoms with Crippen molar-refractivity contribution < 1.29 is 9.90 Å². The largest absolute Gasteiger partial charge is 0.396 e. The van der Waals surface area contributed by atoms with E-state index in [-0.39, 0.29) is 18.6 Å². The molecule has 2 heterocycles. The van der Waals surface area contributed by atoms with Gasteiger partial charge in [-0.1, -0.05) is 18.2 Å². The Kier molecular flexibility index (Phi) is 4.76. The molecule has 0 bridgehead atoms. The van der Waals surface area contributed by atoms with Crippen molar-refractivity contribution in [3.63, 3.8) is 0 Å². The van der Waals surface area contributed by atoms with Gasteiger partial charge in [0.2, 0.25) is 0 Å². The average Bonchev–Trinajstić information content (AvgIpc) is 3.08. The van der Waals surface area contributed by atoms with E-state index in [1.807, 2.05) is 37.3 Å². The van der Waals surface area contributed by atoms with Gasteiger partial charge in [0.15, 0.2) is 0 Å². The molecule has 23 heavy (non-hydrogen) atoms. The van der Waals surface area contributed by atoms with E-state index < -0.39 is 0 Å². The summed E-state index contributed by atoms with van der Waals surface area (Å²) in [5.41, 5.74) is 1.53. The normalized spacial score (nSPS) is 15.8. The fourth-order valence-electron chi connectivity index (χ4n) is 3.01. The molecule has 1 aromatic heterocycles. The van der Waals surface area contributed by atoms with E-state index in [4.69, 9.17) is 10.1 Å². The molecule has 3 rings (SSSR count). The number of aliphatic hydroxyl groups excluding tert-OH is 1. The second-order valence-corrected chi connectivity index (χ2v) is 6.13. The molecule has 1 aromatic carbocycles. The Morgan fingerprint density at radius 1 is 1.35 bits per heavy atom. The number of amides is 1. The lowest BCUT2D eigenvalue weighted by atomic mass is 10.1. The second kappa shape index (κ2) is 6.96. The van der Waals surface area contributed by atoms with E-state index in [0.717, 1.165) is 42.7 Å². The molecule has 5 heteroatoms. The molecule has 1 atom stereocenters. The van der Waals surface area contributed by atoms with E-state index in [1.54, 1.807) is 0 Å². The summed E-state index contributed by atoms with van der Waals surface area (Å²) in [5.74, 6) is 0.654.